The van der Waals surface area contributed by atoms with Gasteiger partial charge in [0, 0.05) is 30.8 Å². The standard InChI is InChI=1S/C26H29N3O5S/c1-19-5-3-6-21(13-19)27-26(31)28(10-11-32-2)17-25(30)29(16-22-7-4-12-35-22)15-20-8-9-23-24(14-20)34-18-33-23/h3-9,12-14H,10-11,15-18H2,1-2H3,(H,27,31). The van der Waals surface area contributed by atoms with Gasteiger partial charge in [-0.1, -0.05) is 24.3 Å². The van der Waals surface area contributed by atoms with Gasteiger partial charge in [0.25, 0.3) is 0 Å². The molecule has 35 heavy (non-hydrogen) atoms. The van der Waals surface area contributed by atoms with Gasteiger partial charge in [0.1, 0.15) is 6.54 Å². The molecule has 3 aromatic rings. The van der Waals surface area contributed by atoms with Gasteiger partial charge in [-0.3, -0.25) is 4.79 Å². The Balaban J connectivity index is 1.49. The van der Waals surface area contributed by atoms with E-state index >= 15 is 0 Å². The molecule has 0 saturated heterocycles. The smallest absolute Gasteiger partial charge is 0.322 e. The molecule has 4 rings (SSSR count). The zero-order valence-electron chi connectivity index (χ0n) is 19.9. The van der Waals surface area contributed by atoms with E-state index in [0.29, 0.717) is 36.9 Å². The fourth-order valence-corrected chi connectivity index (χ4v) is 4.44. The predicted octanol–water partition coefficient (Wildman–Crippen LogP) is 4.49. The molecule has 8 nitrogen and oxygen atoms in total. The Morgan fingerprint density at radius 1 is 1.03 bits per heavy atom. The number of hydrogen-bond donors (Lipinski definition) is 1. The number of thiophene rings is 1. The SMILES string of the molecule is COCCN(CC(=O)N(Cc1ccc2c(c1)OCO2)Cc1cccs1)C(=O)Nc1cccc(C)c1. The molecular formula is C26H29N3O5S. The second-order valence-corrected chi connectivity index (χ2v) is 9.26. The Hall–Kier alpha value is -3.56. The Labute approximate surface area is 209 Å². The van der Waals surface area contributed by atoms with Gasteiger partial charge in [0.15, 0.2) is 11.5 Å². The minimum Gasteiger partial charge on any atom is -0.454 e. The molecule has 2 aromatic carbocycles. The maximum Gasteiger partial charge on any atom is 0.322 e. The zero-order valence-corrected chi connectivity index (χ0v) is 20.7. The van der Waals surface area contributed by atoms with Crippen LogP contribution in [0.3, 0.4) is 0 Å². The third-order valence-corrected chi connectivity index (χ3v) is 6.40. The molecule has 0 atom stereocenters. The van der Waals surface area contributed by atoms with Gasteiger partial charge in [0.2, 0.25) is 12.7 Å². The molecule has 0 fully saturated rings. The second-order valence-electron chi connectivity index (χ2n) is 8.23. The van der Waals surface area contributed by atoms with Crippen LogP contribution >= 0.6 is 11.3 Å². The number of nitrogens with one attached hydrogen (secondary N) is 1. The zero-order chi connectivity index (χ0) is 24.6. The van der Waals surface area contributed by atoms with Gasteiger partial charge in [-0.05, 0) is 53.8 Å². The molecule has 0 bridgehead atoms. The summed E-state index contributed by atoms with van der Waals surface area (Å²) < 4.78 is 16.1. The lowest BCUT2D eigenvalue weighted by molar-refractivity contribution is -0.133. The third-order valence-electron chi connectivity index (χ3n) is 5.54. The highest BCUT2D eigenvalue weighted by atomic mass is 32.1. The minimum absolute atomic E-state index is 0.0725. The quantitative estimate of drug-likeness (QED) is 0.448. The van der Waals surface area contributed by atoms with Crippen molar-refractivity contribution < 1.29 is 23.8 Å². The van der Waals surface area contributed by atoms with E-state index in [2.05, 4.69) is 5.32 Å². The summed E-state index contributed by atoms with van der Waals surface area (Å²) in [6, 6.07) is 16.8. The Bertz CT molecular complexity index is 1150. The summed E-state index contributed by atoms with van der Waals surface area (Å²) in [4.78, 5) is 30.9. The van der Waals surface area contributed by atoms with Crippen molar-refractivity contribution in [1.82, 2.24) is 9.80 Å². The maximum absolute atomic E-state index is 13.5. The fraction of sp³-hybridized carbons (Fsp3) is 0.308. The van der Waals surface area contributed by atoms with Crippen LogP contribution in [-0.2, 0) is 22.6 Å². The maximum atomic E-state index is 13.5. The summed E-state index contributed by atoms with van der Waals surface area (Å²) in [5.41, 5.74) is 2.64. The summed E-state index contributed by atoms with van der Waals surface area (Å²) in [6.45, 7) is 3.52. The number of ether oxygens (including phenoxy) is 3. The van der Waals surface area contributed by atoms with Crippen molar-refractivity contribution in [3.63, 3.8) is 0 Å². The number of rotatable bonds is 10. The van der Waals surface area contributed by atoms with Gasteiger partial charge in [-0.2, -0.15) is 0 Å². The van der Waals surface area contributed by atoms with Crippen molar-refractivity contribution in [2.75, 3.05) is 38.9 Å². The highest BCUT2D eigenvalue weighted by Crippen LogP contribution is 2.33. The number of hydrogen-bond acceptors (Lipinski definition) is 6. The topological polar surface area (TPSA) is 80.3 Å². The fourth-order valence-electron chi connectivity index (χ4n) is 3.73. The normalized spacial score (nSPS) is 11.8. The number of amides is 3. The number of nitrogens with zero attached hydrogens (tertiary/aromatic N) is 2. The molecule has 9 heteroatoms. The molecule has 184 valence electrons. The van der Waals surface area contributed by atoms with Crippen LogP contribution in [0.1, 0.15) is 16.0 Å². The monoisotopic (exact) mass is 495 g/mol. The summed E-state index contributed by atoms with van der Waals surface area (Å²) in [7, 11) is 1.57. The highest BCUT2D eigenvalue weighted by Gasteiger charge is 2.23. The van der Waals surface area contributed by atoms with E-state index in [-0.39, 0.29) is 31.8 Å². The van der Waals surface area contributed by atoms with Crippen LogP contribution in [0.15, 0.2) is 60.0 Å². The number of fused-ring (bicyclic) bond motifs is 1. The number of urea groups is 1. The van der Waals surface area contributed by atoms with Crippen LogP contribution in [0.5, 0.6) is 11.5 Å². The molecule has 2 heterocycles. The van der Waals surface area contributed by atoms with E-state index < -0.39 is 0 Å². The lowest BCUT2D eigenvalue weighted by atomic mass is 10.2. The van der Waals surface area contributed by atoms with Crippen molar-refractivity contribution in [2.45, 2.75) is 20.0 Å². The van der Waals surface area contributed by atoms with Crippen LogP contribution in [0.4, 0.5) is 10.5 Å². The summed E-state index contributed by atoms with van der Waals surface area (Å²) in [5, 5.41) is 4.88. The van der Waals surface area contributed by atoms with Gasteiger partial charge < -0.3 is 29.3 Å². The van der Waals surface area contributed by atoms with Gasteiger partial charge in [-0.15, -0.1) is 11.3 Å². The molecule has 0 saturated carbocycles. The summed E-state index contributed by atoms with van der Waals surface area (Å²) in [5.74, 6) is 1.21. The Morgan fingerprint density at radius 3 is 2.66 bits per heavy atom. The lowest BCUT2D eigenvalue weighted by Crippen LogP contribution is -2.45. The molecule has 1 aliphatic heterocycles. The molecule has 1 aromatic heterocycles. The number of aryl methyl sites for hydroxylation is 1. The van der Waals surface area contributed by atoms with Crippen LogP contribution in [-0.4, -0.2) is 55.3 Å². The van der Waals surface area contributed by atoms with E-state index in [0.717, 1.165) is 16.0 Å². The lowest BCUT2D eigenvalue weighted by Gasteiger charge is -2.28. The first-order valence-corrected chi connectivity index (χ1v) is 12.2. The van der Waals surface area contributed by atoms with E-state index in [1.165, 1.54) is 4.90 Å². The molecule has 0 unspecified atom stereocenters. The van der Waals surface area contributed by atoms with Crippen LogP contribution in [0.25, 0.3) is 0 Å². The third kappa shape index (κ3) is 6.74. The first-order chi connectivity index (χ1) is 17.0. The van der Waals surface area contributed by atoms with Crippen molar-refractivity contribution in [3.8, 4) is 11.5 Å². The van der Waals surface area contributed by atoms with Crippen molar-refractivity contribution in [3.05, 3.63) is 76.0 Å². The van der Waals surface area contributed by atoms with Crippen LogP contribution in [0.2, 0.25) is 0 Å². The van der Waals surface area contributed by atoms with E-state index in [1.807, 2.05) is 66.9 Å². The molecule has 3 amide bonds. The molecule has 1 N–H and O–H groups in total. The van der Waals surface area contributed by atoms with Gasteiger partial charge in [0.05, 0.1) is 13.2 Å². The van der Waals surface area contributed by atoms with Crippen molar-refractivity contribution in [2.24, 2.45) is 0 Å². The predicted molar refractivity (Wildman–Crippen MR) is 135 cm³/mol. The molecule has 0 aliphatic carbocycles. The average Bonchev–Trinajstić information content (AvgIpc) is 3.53. The molecule has 1 aliphatic rings. The van der Waals surface area contributed by atoms with E-state index in [1.54, 1.807) is 23.3 Å². The molecule has 0 spiro atoms. The van der Waals surface area contributed by atoms with Gasteiger partial charge >= 0.3 is 6.03 Å². The van der Waals surface area contributed by atoms with E-state index in [9.17, 15) is 9.59 Å². The molecule has 0 radical (unpaired) electrons. The summed E-state index contributed by atoms with van der Waals surface area (Å²) in [6.07, 6.45) is 0. The number of methoxy groups -OCH3 is 1. The van der Waals surface area contributed by atoms with Crippen molar-refractivity contribution >= 4 is 29.0 Å². The van der Waals surface area contributed by atoms with E-state index in [4.69, 9.17) is 14.2 Å². The number of benzene rings is 2. The Kier molecular flexibility index (Phi) is 8.23. The number of anilines is 1. The number of carbonyl (C=O) groups excluding carboxylic acids is 2. The van der Waals surface area contributed by atoms with Crippen LogP contribution < -0.4 is 14.8 Å². The van der Waals surface area contributed by atoms with Gasteiger partial charge in [-0.25, -0.2) is 4.79 Å². The minimum atomic E-state index is -0.347. The first kappa shape index (κ1) is 24.6. The van der Waals surface area contributed by atoms with Crippen LogP contribution in [0, 0.1) is 6.92 Å². The summed E-state index contributed by atoms with van der Waals surface area (Å²) >= 11 is 1.59. The second kappa shape index (κ2) is 11.7. The van der Waals surface area contributed by atoms with Crippen molar-refractivity contribution in [1.29, 1.82) is 0 Å². The first-order valence-electron chi connectivity index (χ1n) is 11.3. The highest BCUT2D eigenvalue weighted by molar-refractivity contribution is 7.09. The average molecular weight is 496 g/mol. The number of carbonyl (C=O) groups is 2. The Morgan fingerprint density at radius 2 is 1.89 bits per heavy atom. The molecular weight excluding hydrogens is 466 g/mol. The largest absolute Gasteiger partial charge is 0.454 e.